The van der Waals surface area contributed by atoms with E-state index in [4.69, 9.17) is 9.47 Å². The molecule has 2 aromatic carbocycles. The Morgan fingerprint density at radius 3 is 2.71 bits per heavy atom. The zero-order chi connectivity index (χ0) is 16.9. The molecule has 0 saturated carbocycles. The molecule has 0 unspecified atom stereocenters. The number of hydrogen-bond acceptors (Lipinski definition) is 4. The first-order chi connectivity index (χ1) is 11.7. The van der Waals surface area contributed by atoms with E-state index < -0.39 is 0 Å². The van der Waals surface area contributed by atoms with E-state index in [2.05, 4.69) is 5.32 Å². The fourth-order valence-corrected chi connectivity index (χ4v) is 3.52. The Morgan fingerprint density at radius 2 is 1.96 bits per heavy atom. The highest BCUT2D eigenvalue weighted by Gasteiger charge is 2.15. The van der Waals surface area contributed by atoms with Crippen molar-refractivity contribution in [2.45, 2.75) is 6.10 Å². The maximum absolute atomic E-state index is 12.4. The SMILES string of the molecule is COc1cccc([C@@H](CNC(=O)c2cc3ccccc3s2)OC)c1. The van der Waals surface area contributed by atoms with Gasteiger partial charge in [0.2, 0.25) is 0 Å². The van der Waals surface area contributed by atoms with Crippen molar-refractivity contribution >= 4 is 27.3 Å². The smallest absolute Gasteiger partial charge is 0.261 e. The Labute approximate surface area is 145 Å². The molecule has 124 valence electrons. The largest absolute Gasteiger partial charge is 0.497 e. The number of rotatable bonds is 6. The average Bonchev–Trinajstić information content (AvgIpc) is 3.06. The van der Waals surface area contributed by atoms with Gasteiger partial charge in [-0.05, 0) is 35.2 Å². The van der Waals surface area contributed by atoms with Crippen molar-refractivity contribution in [1.29, 1.82) is 0 Å². The third kappa shape index (κ3) is 3.58. The zero-order valence-electron chi connectivity index (χ0n) is 13.6. The molecule has 1 atom stereocenters. The predicted octanol–water partition coefficient (Wildman–Crippen LogP) is 4.03. The fraction of sp³-hybridized carbons (Fsp3) is 0.211. The number of fused-ring (bicyclic) bond motifs is 1. The molecule has 0 aliphatic rings. The summed E-state index contributed by atoms with van der Waals surface area (Å²) in [5.41, 5.74) is 0.966. The highest BCUT2D eigenvalue weighted by molar-refractivity contribution is 7.20. The topological polar surface area (TPSA) is 47.6 Å². The molecule has 0 spiro atoms. The number of ether oxygens (including phenoxy) is 2. The number of nitrogens with one attached hydrogen (secondary N) is 1. The van der Waals surface area contributed by atoms with Crippen molar-refractivity contribution in [3.05, 3.63) is 65.0 Å². The highest BCUT2D eigenvalue weighted by Crippen LogP contribution is 2.25. The number of benzene rings is 2. The summed E-state index contributed by atoms with van der Waals surface area (Å²) in [6.45, 7) is 0.400. The molecule has 0 radical (unpaired) electrons. The van der Waals surface area contributed by atoms with Crippen molar-refractivity contribution in [3.8, 4) is 5.75 Å². The van der Waals surface area contributed by atoms with E-state index in [1.54, 1.807) is 14.2 Å². The average molecular weight is 341 g/mol. The zero-order valence-corrected chi connectivity index (χ0v) is 14.4. The molecule has 1 heterocycles. The number of carbonyl (C=O) groups is 1. The molecule has 1 amide bonds. The Bertz CT molecular complexity index is 810. The van der Waals surface area contributed by atoms with E-state index in [0.717, 1.165) is 21.4 Å². The minimum Gasteiger partial charge on any atom is -0.497 e. The van der Waals surface area contributed by atoms with Crippen LogP contribution in [-0.2, 0) is 4.74 Å². The lowest BCUT2D eigenvalue weighted by Crippen LogP contribution is -2.28. The van der Waals surface area contributed by atoms with Crippen LogP contribution in [0.4, 0.5) is 0 Å². The van der Waals surface area contributed by atoms with Crippen LogP contribution in [-0.4, -0.2) is 26.7 Å². The van der Waals surface area contributed by atoms with Gasteiger partial charge in [0, 0.05) is 18.4 Å². The van der Waals surface area contributed by atoms with Gasteiger partial charge in [0.05, 0.1) is 18.1 Å². The molecule has 1 aromatic heterocycles. The minimum absolute atomic E-state index is 0.0823. The van der Waals surface area contributed by atoms with E-state index in [1.807, 2.05) is 54.6 Å². The van der Waals surface area contributed by atoms with Crippen molar-refractivity contribution < 1.29 is 14.3 Å². The summed E-state index contributed by atoms with van der Waals surface area (Å²) in [5.74, 6) is 0.687. The van der Waals surface area contributed by atoms with Crippen LogP contribution in [0.3, 0.4) is 0 Å². The van der Waals surface area contributed by atoms with E-state index in [-0.39, 0.29) is 12.0 Å². The molecule has 3 rings (SSSR count). The van der Waals surface area contributed by atoms with E-state index in [9.17, 15) is 4.79 Å². The third-order valence-corrected chi connectivity index (χ3v) is 4.96. The molecule has 24 heavy (non-hydrogen) atoms. The monoisotopic (exact) mass is 341 g/mol. The number of methoxy groups -OCH3 is 2. The summed E-state index contributed by atoms with van der Waals surface area (Å²) in [4.78, 5) is 13.1. The summed E-state index contributed by atoms with van der Waals surface area (Å²) in [6.07, 6.45) is -0.224. The summed E-state index contributed by atoms with van der Waals surface area (Å²) < 4.78 is 11.9. The molecule has 4 nitrogen and oxygen atoms in total. The first-order valence-corrected chi connectivity index (χ1v) is 8.46. The highest BCUT2D eigenvalue weighted by atomic mass is 32.1. The Hall–Kier alpha value is -2.37. The van der Waals surface area contributed by atoms with E-state index in [0.29, 0.717) is 11.4 Å². The molecule has 3 aromatic rings. The van der Waals surface area contributed by atoms with Gasteiger partial charge < -0.3 is 14.8 Å². The second-order valence-electron chi connectivity index (χ2n) is 5.36. The fourth-order valence-electron chi connectivity index (χ4n) is 2.55. The maximum atomic E-state index is 12.4. The van der Waals surface area contributed by atoms with Crippen LogP contribution in [0.1, 0.15) is 21.3 Å². The minimum atomic E-state index is -0.224. The Morgan fingerprint density at radius 1 is 1.12 bits per heavy atom. The van der Waals surface area contributed by atoms with Gasteiger partial charge in [-0.3, -0.25) is 4.79 Å². The third-order valence-electron chi connectivity index (χ3n) is 3.85. The van der Waals surface area contributed by atoms with Crippen molar-refractivity contribution in [2.75, 3.05) is 20.8 Å². The molecule has 1 N–H and O–H groups in total. The summed E-state index contributed by atoms with van der Waals surface area (Å²) in [6, 6.07) is 17.6. The number of amides is 1. The lowest BCUT2D eigenvalue weighted by molar-refractivity contribution is 0.0830. The van der Waals surface area contributed by atoms with Crippen molar-refractivity contribution in [3.63, 3.8) is 0 Å². The maximum Gasteiger partial charge on any atom is 0.261 e. The Kier molecular flexibility index (Phi) is 5.13. The molecule has 0 aliphatic carbocycles. The molecular weight excluding hydrogens is 322 g/mol. The van der Waals surface area contributed by atoms with Gasteiger partial charge in [-0.2, -0.15) is 0 Å². The van der Waals surface area contributed by atoms with Crippen molar-refractivity contribution in [1.82, 2.24) is 5.32 Å². The standard InChI is InChI=1S/C19H19NO3S/c1-22-15-8-5-7-13(10-15)16(23-2)12-20-19(21)18-11-14-6-3-4-9-17(14)24-18/h3-11,16H,12H2,1-2H3,(H,20,21)/t16-/m1/s1. The van der Waals surface area contributed by atoms with E-state index >= 15 is 0 Å². The number of hydrogen-bond donors (Lipinski definition) is 1. The molecular formula is C19H19NO3S. The molecule has 5 heteroatoms. The van der Waals surface area contributed by atoms with Crippen LogP contribution < -0.4 is 10.1 Å². The van der Waals surface area contributed by atoms with Gasteiger partial charge in [0.15, 0.2) is 0 Å². The van der Waals surface area contributed by atoms with Crippen LogP contribution in [0, 0.1) is 0 Å². The predicted molar refractivity (Wildman–Crippen MR) is 96.9 cm³/mol. The molecule has 0 aliphatic heterocycles. The Balaban J connectivity index is 1.69. The van der Waals surface area contributed by atoms with Crippen LogP contribution in [0.2, 0.25) is 0 Å². The van der Waals surface area contributed by atoms with Crippen LogP contribution in [0.5, 0.6) is 5.75 Å². The van der Waals surface area contributed by atoms with Gasteiger partial charge in [-0.25, -0.2) is 0 Å². The van der Waals surface area contributed by atoms with E-state index in [1.165, 1.54) is 11.3 Å². The van der Waals surface area contributed by atoms with Gasteiger partial charge in [0.1, 0.15) is 5.75 Å². The van der Waals surface area contributed by atoms with Crippen LogP contribution in [0.25, 0.3) is 10.1 Å². The van der Waals surface area contributed by atoms with Gasteiger partial charge in [-0.1, -0.05) is 30.3 Å². The van der Waals surface area contributed by atoms with Gasteiger partial charge in [0.25, 0.3) is 5.91 Å². The lowest BCUT2D eigenvalue weighted by atomic mass is 10.1. The molecule has 0 saturated heterocycles. The summed E-state index contributed by atoms with van der Waals surface area (Å²) in [5, 5.41) is 4.04. The summed E-state index contributed by atoms with van der Waals surface area (Å²) >= 11 is 1.49. The van der Waals surface area contributed by atoms with Crippen LogP contribution in [0.15, 0.2) is 54.6 Å². The van der Waals surface area contributed by atoms with Gasteiger partial charge in [-0.15, -0.1) is 11.3 Å². The normalized spacial score (nSPS) is 12.1. The first kappa shape index (κ1) is 16.5. The second-order valence-corrected chi connectivity index (χ2v) is 6.44. The number of thiophene rings is 1. The molecule has 0 fully saturated rings. The van der Waals surface area contributed by atoms with Crippen LogP contribution >= 0.6 is 11.3 Å². The molecule has 0 bridgehead atoms. The summed E-state index contributed by atoms with van der Waals surface area (Å²) in [7, 11) is 3.26. The number of carbonyl (C=O) groups excluding carboxylic acids is 1. The van der Waals surface area contributed by atoms with Crippen molar-refractivity contribution in [2.24, 2.45) is 0 Å². The van der Waals surface area contributed by atoms with Gasteiger partial charge >= 0.3 is 0 Å². The lowest BCUT2D eigenvalue weighted by Gasteiger charge is -2.17. The quantitative estimate of drug-likeness (QED) is 0.736. The first-order valence-electron chi connectivity index (χ1n) is 7.65. The second kappa shape index (κ2) is 7.47.